The highest BCUT2D eigenvalue weighted by Gasteiger charge is 2.39. The number of benzene rings is 1. The van der Waals surface area contributed by atoms with E-state index in [0.29, 0.717) is 11.5 Å². The number of Topliss-reactive ketones (excluding diaryl/α,β-unsaturated/α-hetero) is 3. The van der Waals surface area contributed by atoms with Crippen LogP contribution >= 0.6 is 0 Å². The highest BCUT2D eigenvalue weighted by atomic mass is 16.1. The molecule has 0 radical (unpaired) electrons. The van der Waals surface area contributed by atoms with E-state index >= 15 is 0 Å². The SMILES string of the molecule is CCC(CC1=CC(C)c2ccccc21)C(=O)CC(C(=O)C(C)C(/C=C(\C)C(C)=O)C(C)C)C(C)(C)C. The predicted octanol–water partition coefficient (Wildman–Crippen LogP) is 8.24. The Hall–Kier alpha value is -2.29. The summed E-state index contributed by atoms with van der Waals surface area (Å²) < 4.78 is 0. The number of ketones is 3. The molecule has 1 aliphatic rings. The minimum Gasteiger partial charge on any atom is -0.299 e. The fourth-order valence-corrected chi connectivity index (χ4v) is 5.63. The van der Waals surface area contributed by atoms with Crippen molar-refractivity contribution in [2.75, 3.05) is 0 Å². The molecule has 1 aromatic carbocycles. The third-order valence-corrected chi connectivity index (χ3v) is 8.25. The van der Waals surface area contributed by atoms with Crippen LogP contribution in [0.2, 0.25) is 0 Å². The van der Waals surface area contributed by atoms with E-state index in [4.69, 9.17) is 0 Å². The maximum absolute atomic E-state index is 13.9. The zero-order valence-electron chi connectivity index (χ0n) is 24.3. The second kappa shape index (κ2) is 12.3. The van der Waals surface area contributed by atoms with Crippen LogP contribution < -0.4 is 0 Å². The van der Waals surface area contributed by atoms with Crippen LogP contribution in [0.1, 0.15) is 106 Å². The molecular weight excluding hydrogens is 444 g/mol. The topological polar surface area (TPSA) is 51.2 Å². The van der Waals surface area contributed by atoms with Crippen molar-refractivity contribution >= 4 is 22.9 Å². The molecule has 0 spiro atoms. The summed E-state index contributed by atoms with van der Waals surface area (Å²) in [7, 11) is 0. The van der Waals surface area contributed by atoms with Crippen LogP contribution in [-0.4, -0.2) is 17.3 Å². The van der Waals surface area contributed by atoms with Gasteiger partial charge in [0.2, 0.25) is 0 Å². The Labute approximate surface area is 219 Å². The normalized spacial score (nSPS) is 19.4. The number of rotatable bonds is 12. The molecule has 0 bridgehead atoms. The van der Waals surface area contributed by atoms with Crippen LogP contribution in [0.15, 0.2) is 42.0 Å². The Bertz CT molecular complexity index is 1020. The molecule has 0 aliphatic heterocycles. The Morgan fingerprint density at radius 2 is 1.64 bits per heavy atom. The van der Waals surface area contributed by atoms with Gasteiger partial charge in [-0.2, -0.15) is 0 Å². The molecule has 1 aliphatic carbocycles. The van der Waals surface area contributed by atoms with Crippen molar-refractivity contribution in [1.29, 1.82) is 0 Å². The van der Waals surface area contributed by atoms with Gasteiger partial charge >= 0.3 is 0 Å². The fourth-order valence-electron chi connectivity index (χ4n) is 5.63. The Balaban J connectivity index is 2.26. The van der Waals surface area contributed by atoms with Crippen molar-refractivity contribution in [2.45, 2.75) is 94.4 Å². The monoisotopic (exact) mass is 492 g/mol. The van der Waals surface area contributed by atoms with Gasteiger partial charge in [-0.15, -0.1) is 0 Å². The summed E-state index contributed by atoms with van der Waals surface area (Å²) in [6.45, 7) is 20.0. The number of fused-ring (bicyclic) bond motifs is 1. The first-order valence-corrected chi connectivity index (χ1v) is 13.7. The first-order valence-electron chi connectivity index (χ1n) is 13.7. The maximum Gasteiger partial charge on any atom is 0.155 e. The first kappa shape index (κ1) is 29.9. The molecule has 3 heteroatoms. The standard InChI is InChI=1S/C33H48O3/c1-11-25(18-26-16-22(5)27-14-12-13-15-28(26)27)31(35)19-30(33(8,9)10)32(36)23(6)29(20(2)3)17-21(4)24(7)34/h12-17,20,22-23,25,29-30H,11,18-19H2,1-10H3/b21-17+. The second-order valence-corrected chi connectivity index (χ2v) is 12.4. The molecule has 0 saturated heterocycles. The molecule has 36 heavy (non-hydrogen) atoms. The van der Waals surface area contributed by atoms with E-state index in [9.17, 15) is 14.4 Å². The van der Waals surface area contributed by atoms with E-state index < -0.39 is 0 Å². The molecule has 3 nitrogen and oxygen atoms in total. The number of hydrogen-bond donors (Lipinski definition) is 0. The Morgan fingerprint density at radius 3 is 2.17 bits per heavy atom. The van der Waals surface area contributed by atoms with Crippen molar-refractivity contribution in [3.05, 3.63) is 53.1 Å². The van der Waals surface area contributed by atoms with Gasteiger partial charge in [-0.3, -0.25) is 14.4 Å². The quantitative estimate of drug-likeness (QED) is 0.276. The summed E-state index contributed by atoms with van der Waals surface area (Å²) in [6, 6.07) is 8.48. The predicted molar refractivity (Wildman–Crippen MR) is 151 cm³/mol. The summed E-state index contributed by atoms with van der Waals surface area (Å²) >= 11 is 0. The fraction of sp³-hybridized carbons (Fsp3) is 0.606. The molecular formula is C33H48O3. The zero-order valence-corrected chi connectivity index (χ0v) is 24.3. The van der Waals surface area contributed by atoms with Crippen LogP contribution in [0.25, 0.3) is 5.57 Å². The lowest BCUT2D eigenvalue weighted by molar-refractivity contribution is -0.136. The molecule has 0 amide bonds. The Morgan fingerprint density at radius 1 is 1.03 bits per heavy atom. The van der Waals surface area contributed by atoms with Gasteiger partial charge in [-0.25, -0.2) is 0 Å². The van der Waals surface area contributed by atoms with E-state index in [-0.39, 0.29) is 58.8 Å². The van der Waals surface area contributed by atoms with Crippen LogP contribution in [0.5, 0.6) is 0 Å². The highest BCUT2D eigenvalue weighted by molar-refractivity contribution is 5.93. The van der Waals surface area contributed by atoms with Crippen LogP contribution in [-0.2, 0) is 14.4 Å². The first-order chi connectivity index (χ1) is 16.7. The largest absolute Gasteiger partial charge is 0.299 e. The highest BCUT2D eigenvalue weighted by Crippen LogP contribution is 2.41. The summed E-state index contributed by atoms with van der Waals surface area (Å²) in [5.41, 5.74) is 4.23. The number of hydrogen-bond acceptors (Lipinski definition) is 3. The van der Waals surface area contributed by atoms with Crippen molar-refractivity contribution in [3.63, 3.8) is 0 Å². The zero-order chi connectivity index (χ0) is 27.4. The average Bonchev–Trinajstić information content (AvgIpc) is 3.12. The lowest BCUT2D eigenvalue weighted by atomic mass is 9.68. The smallest absolute Gasteiger partial charge is 0.155 e. The molecule has 0 fully saturated rings. The summed E-state index contributed by atoms with van der Waals surface area (Å²) in [4.78, 5) is 39.5. The molecule has 2 rings (SSSR count). The van der Waals surface area contributed by atoms with Gasteiger partial charge < -0.3 is 0 Å². The molecule has 0 aromatic heterocycles. The lowest BCUT2D eigenvalue weighted by Crippen LogP contribution is -2.38. The summed E-state index contributed by atoms with van der Waals surface area (Å²) in [5.74, 6) is 0.191. The second-order valence-electron chi connectivity index (χ2n) is 12.4. The third-order valence-electron chi connectivity index (χ3n) is 8.25. The van der Waals surface area contributed by atoms with Crippen molar-refractivity contribution in [3.8, 4) is 0 Å². The van der Waals surface area contributed by atoms with Crippen molar-refractivity contribution in [1.82, 2.24) is 0 Å². The van der Waals surface area contributed by atoms with Gasteiger partial charge in [0.1, 0.15) is 11.6 Å². The van der Waals surface area contributed by atoms with E-state index in [1.165, 1.54) is 16.7 Å². The Kier molecular flexibility index (Phi) is 10.2. The molecule has 0 heterocycles. The molecule has 0 N–H and O–H groups in total. The lowest BCUT2D eigenvalue weighted by Gasteiger charge is -2.35. The van der Waals surface area contributed by atoms with Gasteiger partial charge in [0.25, 0.3) is 0 Å². The van der Waals surface area contributed by atoms with Gasteiger partial charge in [0, 0.05) is 30.1 Å². The van der Waals surface area contributed by atoms with Gasteiger partial charge in [-0.05, 0) is 66.2 Å². The van der Waals surface area contributed by atoms with Gasteiger partial charge in [0.15, 0.2) is 5.78 Å². The van der Waals surface area contributed by atoms with Crippen LogP contribution in [0.3, 0.4) is 0 Å². The van der Waals surface area contributed by atoms with Crippen molar-refractivity contribution in [2.24, 2.45) is 35.0 Å². The van der Waals surface area contributed by atoms with Gasteiger partial charge in [0.05, 0.1) is 0 Å². The molecule has 5 unspecified atom stereocenters. The molecule has 198 valence electrons. The molecule has 1 aromatic rings. The van der Waals surface area contributed by atoms with E-state index in [1.54, 1.807) is 6.92 Å². The third kappa shape index (κ3) is 7.14. The van der Waals surface area contributed by atoms with E-state index in [1.807, 2.05) is 19.9 Å². The average molecular weight is 493 g/mol. The van der Waals surface area contributed by atoms with E-state index in [0.717, 1.165) is 12.8 Å². The summed E-state index contributed by atoms with van der Waals surface area (Å²) in [6.07, 6.45) is 6.04. The summed E-state index contributed by atoms with van der Waals surface area (Å²) in [5, 5.41) is 0. The maximum atomic E-state index is 13.9. The minimum atomic E-state index is -0.356. The molecule has 5 atom stereocenters. The van der Waals surface area contributed by atoms with Crippen LogP contribution in [0, 0.1) is 35.0 Å². The number of carbonyl (C=O) groups excluding carboxylic acids is 3. The van der Waals surface area contributed by atoms with Crippen molar-refractivity contribution < 1.29 is 14.4 Å². The van der Waals surface area contributed by atoms with Gasteiger partial charge in [-0.1, -0.05) is 91.8 Å². The van der Waals surface area contributed by atoms with E-state index in [2.05, 4.69) is 78.8 Å². The van der Waals surface area contributed by atoms with Crippen LogP contribution in [0.4, 0.5) is 0 Å². The number of allylic oxidation sites excluding steroid dienone is 4. The molecule has 0 saturated carbocycles. The minimum absolute atomic E-state index is 0.0331. The number of carbonyl (C=O) groups is 3.